The number of fused-ring (bicyclic) bond motifs is 1. The molecule has 0 unspecified atom stereocenters. The van der Waals surface area contributed by atoms with Crippen molar-refractivity contribution in [2.45, 2.75) is 25.6 Å². The minimum atomic E-state index is -0.0709. The van der Waals surface area contributed by atoms with E-state index in [-0.39, 0.29) is 30.6 Å². The molecule has 106 valence electrons. The van der Waals surface area contributed by atoms with Crippen molar-refractivity contribution in [2.24, 2.45) is 0 Å². The van der Waals surface area contributed by atoms with Crippen LogP contribution in [0.5, 0.6) is 0 Å². The van der Waals surface area contributed by atoms with Crippen molar-refractivity contribution >= 4 is 11.8 Å². The van der Waals surface area contributed by atoms with Crippen LogP contribution in [0.2, 0.25) is 0 Å². The van der Waals surface area contributed by atoms with Crippen LogP contribution < -0.4 is 0 Å². The van der Waals surface area contributed by atoms with Gasteiger partial charge in [0, 0.05) is 39.0 Å². The molecule has 1 aromatic heterocycles. The Hall–Kier alpha value is -1.95. The third kappa shape index (κ3) is 2.38. The fourth-order valence-corrected chi connectivity index (χ4v) is 2.81. The summed E-state index contributed by atoms with van der Waals surface area (Å²) in [6.07, 6.45) is 3.36. The van der Waals surface area contributed by atoms with Gasteiger partial charge in [0.25, 0.3) is 0 Å². The monoisotopic (exact) mass is 275 g/mol. The van der Waals surface area contributed by atoms with Gasteiger partial charge in [-0.25, -0.2) is 0 Å². The van der Waals surface area contributed by atoms with Crippen LogP contribution in [0.4, 0.5) is 0 Å². The number of nitrogens with zero attached hydrogens (tertiary/aromatic N) is 3. The van der Waals surface area contributed by atoms with Gasteiger partial charge in [0.1, 0.15) is 6.61 Å². The molecule has 2 atom stereocenters. The van der Waals surface area contributed by atoms with E-state index in [1.807, 2.05) is 17.0 Å². The Kier molecular flexibility index (Phi) is 3.40. The van der Waals surface area contributed by atoms with Crippen molar-refractivity contribution in [3.63, 3.8) is 0 Å². The summed E-state index contributed by atoms with van der Waals surface area (Å²) in [6.45, 7) is 3.30. The molecule has 20 heavy (non-hydrogen) atoms. The van der Waals surface area contributed by atoms with Crippen molar-refractivity contribution in [1.82, 2.24) is 14.8 Å². The summed E-state index contributed by atoms with van der Waals surface area (Å²) in [5, 5.41) is 0. The number of ether oxygens (including phenoxy) is 1. The number of hydrogen-bond donors (Lipinski definition) is 0. The molecule has 6 heteroatoms. The Bertz CT molecular complexity index is 520. The lowest BCUT2D eigenvalue weighted by atomic mass is 10.1. The first-order valence-corrected chi connectivity index (χ1v) is 6.70. The van der Waals surface area contributed by atoms with Gasteiger partial charge in [-0.3, -0.25) is 14.6 Å². The van der Waals surface area contributed by atoms with E-state index in [0.29, 0.717) is 19.6 Å². The maximum atomic E-state index is 12.1. The van der Waals surface area contributed by atoms with E-state index in [4.69, 9.17) is 4.74 Å². The van der Waals surface area contributed by atoms with Crippen LogP contribution in [0.3, 0.4) is 0 Å². The van der Waals surface area contributed by atoms with Gasteiger partial charge in [-0.2, -0.15) is 0 Å². The lowest BCUT2D eigenvalue weighted by Gasteiger charge is -2.36. The molecule has 2 fully saturated rings. The predicted molar refractivity (Wildman–Crippen MR) is 70.6 cm³/mol. The standard InChI is InChI=1S/C14H17N3O3/c1-10(18)16-7-12-13(8-16)20-9-14(19)17(12)6-11-2-4-15-5-3-11/h2-5,12-13H,6-9H2,1H3/t12-,13+/m1/s1. The average Bonchev–Trinajstić information content (AvgIpc) is 2.88. The van der Waals surface area contributed by atoms with Crippen LogP contribution in [0.25, 0.3) is 0 Å². The summed E-state index contributed by atoms with van der Waals surface area (Å²) in [7, 11) is 0. The largest absolute Gasteiger partial charge is 0.364 e. The lowest BCUT2D eigenvalue weighted by molar-refractivity contribution is -0.153. The summed E-state index contributed by atoms with van der Waals surface area (Å²) < 4.78 is 5.57. The molecule has 0 bridgehead atoms. The Labute approximate surface area is 117 Å². The Balaban J connectivity index is 1.78. The van der Waals surface area contributed by atoms with Gasteiger partial charge in [-0.05, 0) is 17.7 Å². The van der Waals surface area contributed by atoms with Crippen molar-refractivity contribution in [1.29, 1.82) is 0 Å². The second-order valence-electron chi connectivity index (χ2n) is 5.22. The zero-order valence-corrected chi connectivity index (χ0v) is 11.4. The van der Waals surface area contributed by atoms with E-state index in [1.54, 1.807) is 24.2 Å². The molecule has 2 amide bonds. The first kappa shape index (κ1) is 13.1. The highest BCUT2D eigenvalue weighted by molar-refractivity contribution is 5.79. The number of pyridine rings is 1. The van der Waals surface area contributed by atoms with Crippen molar-refractivity contribution in [3.8, 4) is 0 Å². The van der Waals surface area contributed by atoms with E-state index in [9.17, 15) is 9.59 Å². The van der Waals surface area contributed by atoms with Crippen LogP contribution in [-0.2, 0) is 20.9 Å². The summed E-state index contributed by atoms with van der Waals surface area (Å²) in [5.41, 5.74) is 1.04. The zero-order valence-electron chi connectivity index (χ0n) is 11.4. The molecule has 3 rings (SSSR count). The van der Waals surface area contributed by atoms with Crippen molar-refractivity contribution in [2.75, 3.05) is 19.7 Å². The number of hydrogen-bond acceptors (Lipinski definition) is 4. The van der Waals surface area contributed by atoms with Gasteiger partial charge < -0.3 is 14.5 Å². The molecule has 0 radical (unpaired) electrons. The van der Waals surface area contributed by atoms with E-state index < -0.39 is 0 Å². The maximum absolute atomic E-state index is 12.1. The lowest BCUT2D eigenvalue weighted by Crippen LogP contribution is -2.53. The van der Waals surface area contributed by atoms with Gasteiger partial charge >= 0.3 is 0 Å². The number of carbonyl (C=O) groups excluding carboxylic acids is 2. The number of carbonyl (C=O) groups is 2. The van der Waals surface area contributed by atoms with Gasteiger partial charge in [-0.1, -0.05) is 0 Å². The molecule has 0 N–H and O–H groups in total. The van der Waals surface area contributed by atoms with Gasteiger partial charge in [0.15, 0.2) is 0 Å². The molecule has 0 saturated carbocycles. The molecule has 2 aliphatic heterocycles. The van der Waals surface area contributed by atoms with Gasteiger partial charge in [-0.15, -0.1) is 0 Å². The number of rotatable bonds is 2. The van der Waals surface area contributed by atoms with Gasteiger partial charge in [0.2, 0.25) is 11.8 Å². The summed E-state index contributed by atoms with van der Waals surface area (Å²) in [5.74, 6) is 0.00720. The minimum absolute atomic E-state index is 0.0199. The zero-order chi connectivity index (χ0) is 14.1. The molecule has 0 aliphatic carbocycles. The predicted octanol–water partition coefficient (Wildman–Crippen LogP) is 0.0397. The minimum Gasteiger partial charge on any atom is -0.364 e. The van der Waals surface area contributed by atoms with Crippen LogP contribution in [0.15, 0.2) is 24.5 Å². The molecule has 1 aromatic rings. The van der Waals surface area contributed by atoms with Crippen LogP contribution >= 0.6 is 0 Å². The summed E-state index contributed by atoms with van der Waals surface area (Å²) in [4.78, 5) is 31.1. The molecule has 3 heterocycles. The van der Waals surface area contributed by atoms with E-state index in [0.717, 1.165) is 5.56 Å². The van der Waals surface area contributed by atoms with Crippen LogP contribution in [0, 0.1) is 0 Å². The van der Waals surface area contributed by atoms with Crippen molar-refractivity contribution < 1.29 is 14.3 Å². The van der Waals surface area contributed by atoms with Gasteiger partial charge in [0.05, 0.1) is 12.1 Å². The molecule has 0 aromatic carbocycles. The molecule has 2 saturated heterocycles. The molecule has 0 spiro atoms. The highest BCUT2D eigenvalue weighted by atomic mass is 16.5. The number of amides is 2. The average molecular weight is 275 g/mol. The number of morpholine rings is 1. The Morgan fingerprint density at radius 1 is 1.40 bits per heavy atom. The topological polar surface area (TPSA) is 62.7 Å². The number of aromatic nitrogens is 1. The molecule has 6 nitrogen and oxygen atoms in total. The Morgan fingerprint density at radius 3 is 2.85 bits per heavy atom. The third-order valence-electron chi connectivity index (χ3n) is 3.93. The molecular weight excluding hydrogens is 258 g/mol. The van der Waals surface area contributed by atoms with E-state index in [2.05, 4.69) is 4.98 Å². The normalized spacial score (nSPS) is 25.8. The van der Waals surface area contributed by atoms with E-state index in [1.165, 1.54) is 0 Å². The second-order valence-corrected chi connectivity index (χ2v) is 5.22. The van der Waals surface area contributed by atoms with Crippen LogP contribution in [0.1, 0.15) is 12.5 Å². The van der Waals surface area contributed by atoms with E-state index >= 15 is 0 Å². The number of likely N-dealkylation sites (tertiary alicyclic amines) is 1. The maximum Gasteiger partial charge on any atom is 0.249 e. The smallest absolute Gasteiger partial charge is 0.249 e. The highest BCUT2D eigenvalue weighted by Gasteiger charge is 2.43. The van der Waals surface area contributed by atoms with Crippen molar-refractivity contribution in [3.05, 3.63) is 30.1 Å². The summed E-state index contributed by atoms with van der Waals surface area (Å²) >= 11 is 0. The fraction of sp³-hybridized carbons (Fsp3) is 0.500. The first-order chi connectivity index (χ1) is 9.65. The van der Waals surface area contributed by atoms with Crippen LogP contribution in [-0.4, -0.2) is 58.4 Å². The Morgan fingerprint density at radius 2 is 2.15 bits per heavy atom. The third-order valence-corrected chi connectivity index (χ3v) is 3.93. The SMILES string of the molecule is CC(=O)N1C[C@@H]2OCC(=O)N(Cc3ccncc3)[C@@H]2C1. The quantitative estimate of drug-likeness (QED) is 0.764. The summed E-state index contributed by atoms with van der Waals surface area (Å²) in [6, 6.07) is 3.75. The fourth-order valence-electron chi connectivity index (χ4n) is 2.81. The molecular formula is C14H17N3O3. The first-order valence-electron chi connectivity index (χ1n) is 6.70. The second kappa shape index (κ2) is 5.20. The molecule has 2 aliphatic rings. The highest BCUT2D eigenvalue weighted by Crippen LogP contribution is 2.25.